The maximum absolute atomic E-state index is 13.2. The van der Waals surface area contributed by atoms with E-state index in [-0.39, 0.29) is 23.9 Å². The van der Waals surface area contributed by atoms with Crippen molar-refractivity contribution < 1.29 is 14.0 Å². The zero-order chi connectivity index (χ0) is 19.4. The maximum atomic E-state index is 13.2. The van der Waals surface area contributed by atoms with Gasteiger partial charge in [-0.2, -0.15) is 0 Å². The molecule has 1 aliphatic rings. The van der Waals surface area contributed by atoms with Gasteiger partial charge in [-0.25, -0.2) is 4.39 Å². The molecule has 7 heteroatoms. The number of benzene rings is 1. The Hall–Kier alpha value is -1.83. The molecule has 0 aliphatic heterocycles. The molecule has 1 amide bonds. The highest BCUT2D eigenvalue weighted by Crippen LogP contribution is 2.19. The first kappa shape index (κ1) is 22.2. The summed E-state index contributed by atoms with van der Waals surface area (Å²) >= 11 is 6.58. The first-order chi connectivity index (χ1) is 12.6. The molecule has 1 aromatic rings. The van der Waals surface area contributed by atoms with Gasteiger partial charge in [0.15, 0.2) is 0 Å². The lowest BCUT2D eigenvalue weighted by Gasteiger charge is -2.13. The summed E-state index contributed by atoms with van der Waals surface area (Å²) in [5.41, 5.74) is 6.13. The molecule has 1 unspecified atom stereocenters. The molecule has 0 heterocycles. The molecule has 0 radical (unpaired) electrons. The predicted molar refractivity (Wildman–Crippen MR) is 110 cm³/mol. The Morgan fingerprint density at radius 3 is 2.81 bits per heavy atom. The lowest BCUT2D eigenvalue weighted by molar-refractivity contribution is -0.121. The third kappa shape index (κ3) is 8.03. The van der Waals surface area contributed by atoms with Gasteiger partial charge in [-0.15, -0.1) is 11.8 Å². The van der Waals surface area contributed by atoms with E-state index in [0.29, 0.717) is 16.0 Å². The molecule has 0 bridgehead atoms. The van der Waals surface area contributed by atoms with E-state index in [4.69, 9.17) is 12.2 Å². The van der Waals surface area contributed by atoms with Crippen LogP contribution in [-0.2, 0) is 16.0 Å². The lowest BCUT2D eigenvalue weighted by atomic mass is 10.1. The van der Waals surface area contributed by atoms with Crippen LogP contribution in [0.3, 0.4) is 0 Å². The normalized spacial score (nSPS) is 13.7. The number of carbonyl (C=O) groups excluding carboxylic acids is 2. The number of nitrogens with one attached hydrogen (secondary N) is 1. The standard InChI is InChI=1S/C18H18FNO2S2.CH5N/c19-15-8-4-5-13(9-15)10-16(11-21)20-17(22)12-24-18(23)14-6-2-1-3-7-14;1-2/h2,4-9,11,16H,1,3,10,12H2,(H,20,22);2H2,1H3. The molecule has 0 fully saturated rings. The second kappa shape index (κ2) is 12.5. The van der Waals surface area contributed by atoms with Gasteiger partial charge in [0.1, 0.15) is 12.1 Å². The van der Waals surface area contributed by atoms with Crippen molar-refractivity contribution in [3.8, 4) is 0 Å². The maximum Gasteiger partial charge on any atom is 0.230 e. The fraction of sp³-hybridized carbons (Fsp3) is 0.316. The number of hydrogen-bond acceptors (Lipinski definition) is 5. The molecule has 3 N–H and O–H groups in total. The molecule has 1 atom stereocenters. The third-order valence-electron chi connectivity index (χ3n) is 3.42. The Bertz CT molecular complexity index is 690. The van der Waals surface area contributed by atoms with Crippen molar-refractivity contribution in [2.24, 2.45) is 5.73 Å². The van der Waals surface area contributed by atoms with Crippen LogP contribution in [0.25, 0.3) is 0 Å². The van der Waals surface area contributed by atoms with Crippen molar-refractivity contribution >= 4 is 40.4 Å². The number of carbonyl (C=O) groups is 2. The SMILES string of the molecule is CN.O=CC(Cc1cccc(F)c1)NC(=O)CSC(=S)C1=CCCC=C1. The zero-order valence-corrected chi connectivity index (χ0v) is 16.2. The Balaban J connectivity index is 0.00000163. The second-order valence-electron chi connectivity index (χ2n) is 5.36. The van der Waals surface area contributed by atoms with Gasteiger partial charge in [0.05, 0.1) is 16.0 Å². The van der Waals surface area contributed by atoms with Crippen LogP contribution in [0.15, 0.2) is 48.1 Å². The first-order valence-electron chi connectivity index (χ1n) is 8.19. The van der Waals surface area contributed by atoms with Gasteiger partial charge >= 0.3 is 0 Å². The van der Waals surface area contributed by atoms with Crippen molar-refractivity contribution in [3.63, 3.8) is 0 Å². The highest BCUT2D eigenvalue weighted by molar-refractivity contribution is 8.24. The zero-order valence-electron chi connectivity index (χ0n) is 14.6. The average Bonchev–Trinajstić information content (AvgIpc) is 2.68. The number of aldehydes is 1. The van der Waals surface area contributed by atoms with E-state index < -0.39 is 6.04 Å². The lowest BCUT2D eigenvalue weighted by Crippen LogP contribution is -2.38. The summed E-state index contributed by atoms with van der Waals surface area (Å²) in [5, 5.41) is 2.65. The Kier molecular flexibility index (Phi) is 10.7. The molecular weight excluding hydrogens is 371 g/mol. The molecular formula is C19H23FN2O2S2. The first-order valence-corrected chi connectivity index (χ1v) is 9.58. The fourth-order valence-corrected chi connectivity index (χ4v) is 3.27. The van der Waals surface area contributed by atoms with Crippen LogP contribution < -0.4 is 11.1 Å². The number of amides is 1. The van der Waals surface area contributed by atoms with E-state index in [0.717, 1.165) is 18.4 Å². The van der Waals surface area contributed by atoms with Crippen molar-refractivity contribution in [1.29, 1.82) is 0 Å². The van der Waals surface area contributed by atoms with Gasteiger partial charge in [0, 0.05) is 0 Å². The highest BCUT2D eigenvalue weighted by Gasteiger charge is 2.14. The Labute approximate surface area is 163 Å². The summed E-state index contributed by atoms with van der Waals surface area (Å²) in [6.07, 6.45) is 8.98. The Morgan fingerprint density at radius 2 is 2.19 bits per heavy atom. The number of halogens is 1. The van der Waals surface area contributed by atoms with Crippen molar-refractivity contribution in [3.05, 3.63) is 59.4 Å². The van der Waals surface area contributed by atoms with Gasteiger partial charge in [0.2, 0.25) is 5.91 Å². The summed E-state index contributed by atoms with van der Waals surface area (Å²) < 4.78 is 13.8. The monoisotopic (exact) mass is 394 g/mol. The Morgan fingerprint density at radius 1 is 1.42 bits per heavy atom. The van der Waals surface area contributed by atoms with E-state index in [1.54, 1.807) is 12.1 Å². The highest BCUT2D eigenvalue weighted by atomic mass is 32.2. The summed E-state index contributed by atoms with van der Waals surface area (Å²) in [7, 11) is 1.50. The molecule has 0 spiro atoms. The summed E-state index contributed by atoms with van der Waals surface area (Å²) in [4.78, 5) is 23.2. The van der Waals surface area contributed by atoms with Gasteiger partial charge in [-0.05, 0) is 49.6 Å². The minimum absolute atomic E-state index is 0.150. The van der Waals surface area contributed by atoms with Gasteiger partial charge < -0.3 is 15.8 Å². The van der Waals surface area contributed by atoms with Crippen molar-refractivity contribution in [2.75, 3.05) is 12.8 Å². The number of thiocarbonyl (C=S) groups is 1. The number of allylic oxidation sites excluding steroid dienone is 3. The summed E-state index contributed by atoms with van der Waals surface area (Å²) in [5.74, 6) is -0.480. The predicted octanol–water partition coefficient (Wildman–Crippen LogP) is 2.96. The van der Waals surface area contributed by atoms with Gasteiger partial charge in [0.25, 0.3) is 0 Å². The summed E-state index contributed by atoms with van der Waals surface area (Å²) in [6, 6.07) is 5.31. The summed E-state index contributed by atoms with van der Waals surface area (Å²) in [6.45, 7) is 0. The van der Waals surface area contributed by atoms with E-state index in [1.807, 2.05) is 6.08 Å². The molecule has 0 saturated carbocycles. The number of hydrogen-bond donors (Lipinski definition) is 2. The van der Waals surface area contributed by atoms with Gasteiger partial charge in [-0.3, -0.25) is 4.79 Å². The van der Waals surface area contributed by atoms with Crippen LogP contribution in [0.1, 0.15) is 18.4 Å². The third-order valence-corrected chi connectivity index (χ3v) is 4.91. The number of thioether (sulfide) groups is 1. The van der Waals surface area contributed by atoms with E-state index in [1.165, 1.54) is 30.9 Å². The molecule has 1 aromatic carbocycles. The fourth-order valence-electron chi connectivity index (χ4n) is 2.28. The molecule has 26 heavy (non-hydrogen) atoms. The van der Waals surface area contributed by atoms with Crippen LogP contribution >= 0.6 is 24.0 Å². The molecule has 4 nitrogen and oxygen atoms in total. The number of rotatable bonds is 7. The topological polar surface area (TPSA) is 72.2 Å². The van der Waals surface area contributed by atoms with Crippen molar-refractivity contribution in [2.45, 2.75) is 25.3 Å². The van der Waals surface area contributed by atoms with E-state index in [2.05, 4.69) is 23.2 Å². The van der Waals surface area contributed by atoms with Gasteiger partial charge in [-0.1, -0.05) is 42.6 Å². The second-order valence-corrected chi connectivity index (χ2v) is 7.01. The molecule has 140 valence electrons. The van der Waals surface area contributed by atoms with E-state index in [9.17, 15) is 14.0 Å². The van der Waals surface area contributed by atoms with Crippen LogP contribution in [0.5, 0.6) is 0 Å². The van der Waals surface area contributed by atoms with Crippen molar-refractivity contribution in [1.82, 2.24) is 5.32 Å². The average molecular weight is 395 g/mol. The molecule has 0 saturated heterocycles. The number of nitrogens with two attached hydrogens (primary N) is 1. The van der Waals surface area contributed by atoms with Crippen LogP contribution in [0.4, 0.5) is 4.39 Å². The van der Waals surface area contributed by atoms with Crippen LogP contribution in [0, 0.1) is 5.82 Å². The molecule has 0 aromatic heterocycles. The quantitative estimate of drug-likeness (QED) is 0.550. The minimum atomic E-state index is -0.678. The van der Waals surface area contributed by atoms with Crippen LogP contribution in [0.2, 0.25) is 0 Å². The van der Waals surface area contributed by atoms with E-state index >= 15 is 0 Å². The molecule has 2 rings (SSSR count). The van der Waals surface area contributed by atoms with Crippen LogP contribution in [-0.4, -0.2) is 35.2 Å². The molecule has 1 aliphatic carbocycles. The largest absolute Gasteiger partial charge is 0.346 e. The smallest absolute Gasteiger partial charge is 0.230 e. The minimum Gasteiger partial charge on any atom is -0.346 e.